The number of rotatable bonds is 5. The molecule has 0 bridgehead atoms. The van der Waals surface area contributed by atoms with Crippen LogP contribution in [0.25, 0.3) is 11.5 Å². The second kappa shape index (κ2) is 5.86. The van der Waals surface area contributed by atoms with Crippen LogP contribution in [0.3, 0.4) is 0 Å². The molecule has 1 aromatic heterocycles. The molecule has 5 heteroatoms. The Morgan fingerprint density at radius 1 is 1.30 bits per heavy atom. The fraction of sp³-hybridized carbons (Fsp3) is 0.400. The van der Waals surface area contributed by atoms with Crippen LogP contribution in [0.5, 0.6) is 0 Å². The molecule has 0 atom stereocenters. The van der Waals surface area contributed by atoms with Crippen molar-refractivity contribution in [3.05, 3.63) is 34.6 Å². The minimum absolute atomic E-state index is 0.232. The van der Waals surface area contributed by atoms with Gasteiger partial charge >= 0.3 is 5.97 Å². The molecule has 0 saturated carbocycles. The van der Waals surface area contributed by atoms with Gasteiger partial charge in [0.1, 0.15) is 0 Å². The summed E-state index contributed by atoms with van der Waals surface area (Å²) in [5.41, 5.74) is 2.26. The lowest BCUT2D eigenvalue weighted by Gasteiger charge is -2.08. The molecule has 0 aliphatic carbocycles. The largest absolute Gasteiger partial charge is 0.478 e. The van der Waals surface area contributed by atoms with E-state index < -0.39 is 5.97 Å². The van der Waals surface area contributed by atoms with E-state index in [4.69, 9.17) is 4.52 Å². The first-order chi connectivity index (χ1) is 9.54. The third-order valence-electron chi connectivity index (χ3n) is 3.27. The maximum Gasteiger partial charge on any atom is 0.336 e. The number of carboxylic acids is 1. The van der Waals surface area contributed by atoms with E-state index >= 15 is 0 Å². The molecule has 0 radical (unpaired) electrons. The second-order valence-electron chi connectivity index (χ2n) is 4.87. The first-order valence-electron chi connectivity index (χ1n) is 6.71. The fourth-order valence-electron chi connectivity index (χ4n) is 2.15. The first kappa shape index (κ1) is 14.2. The van der Waals surface area contributed by atoms with Gasteiger partial charge in [0.05, 0.1) is 11.1 Å². The van der Waals surface area contributed by atoms with Gasteiger partial charge in [0.2, 0.25) is 0 Å². The van der Waals surface area contributed by atoms with Crippen molar-refractivity contribution in [2.45, 2.75) is 40.0 Å². The van der Waals surface area contributed by atoms with Gasteiger partial charge < -0.3 is 9.63 Å². The number of hydrogen-bond donors (Lipinski definition) is 1. The van der Waals surface area contributed by atoms with Gasteiger partial charge in [-0.3, -0.25) is 0 Å². The van der Waals surface area contributed by atoms with E-state index in [9.17, 15) is 9.90 Å². The van der Waals surface area contributed by atoms with Gasteiger partial charge in [0.25, 0.3) is 5.89 Å². The van der Waals surface area contributed by atoms with Gasteiger partial charge in [-0.1, -0.05) is 30.6 Å². The molecule has 2 aromatic rings. The van der Waals surface area contributed by atoms with Crippen LogP contribution in [0.1, 0.15) is 47.1 Å². The summed E-state index contributed by atoms with van der Waals surface area (Å²) < 4.78 is 5.25. The quantitative estimate of drug-likeness (QED) is 0.904. The van der Waals surface area contributed by atoms with E-state index in [-0.39, 0.29) is 11.5 Å². The Labute approximate surface area is 117 Å². The zero-order valence-electron chi connectivity index (χ0n) is 11.9. The highest BCUT2D eigenvalue weighted by molar-refractivity contribution is 5.97. The predicted molar refractivity (Wildman–Crippen MR) is 74.8 cm³/mol. The van der Waals surface area contributed by atoms with Crippen LogP contribution >= 0.6 is 0 Å². The van der Waals surface area contributed by atoms with Crippen LogP contribution in [0.15, 0.2) is 16.7 Å². The van der Waals surface area contributed by atoms with Gasteiger partial charge in [-0.25, -0.2) is 4.79 Å². The van der Waals surface area contributed by atoms with Crippen LogP contribution in [0, 0.1) is 13.8 Å². The molecule has 1 N–H and O–H groups in total. The molecule has 1 aromatic carbocycles. The molecule has 106 valence electrons. The highest BCUT2D eigenvalue weighted by Gasteiger charge is 2.21. The van der Waals surface area contributed by atoms with Crippen molar-refractivity contribution in [1.82, 2.24) is 10.1 Å². The molecule has 20 heavy (non-hydrogen) atoms. The van der Waals surface area contributed by atoms with Crippen LogP contribution < -0.4 is 0 Å². The number of unbranched alkanes of at least 4 members (excludes halogenated alkanes) is 1. The molecule has 0 saturated heterocycles. The molecule has 1 heterocycles. The minimum Gasteiger partial charge on any atom is -0.478 e. The third-order valence-corrected chi connectivity index (χ3v) is 3.27. The van der Waals surface area contributed by atoms with Gasteiger partial charge in [-0.2, -0.15) is 4.98 Å². The Hall–Kier alpha value is -2.17. The van der Waals surface area contributed by atoms with Gasteiger partial charge in [-0.15, -0.1) is 0 Å². The standard InChI is InChI=1S/C15H18N2O3/c1-4-5-6-11-16-14(20-17-11)12-9(2)7-8-10(3)13(12)15(18)19/h7-8H,4-6H2,1-3H3,(H,18,19). The van der Waals surface area contributed by atoms with E-state index in [0.717, 1.165) is 24.8 Å². The van der Waals surface area contributed by atoms with E-state index in [1.807, 2.05) is 13.0 Å². The lowest BCUT2D eigenvalue weighted by atomic mass is 9.97. The Morgan fingerprint density at radius 2 is 2.00 bits per heavy atom. The number of nitrogens with zero attached hydrogens (tertiary/aromatic N) is 2. The second-order valence-corrected chi connectivity index (χ2v) is 4.87. The van der Waals surface area contributed by atoms with E-state index in [1.54, 1.807) is 13.0 Å². The molecule has 0 aliphatic heterocycles. The average molecular weight is 274 g/mol. The fourth-order valence-corrected chi connectivity index (χ4v) is 2.15. The lowest BCUT2D eigenvalue weighted by molar-refractivity contribution is 0.0696. The molecule has 0 spiro atoms. The third kappa shape index (κ3) is 2.71. The van der Waals surface area contributed by atoms with E-state index in [2.05, 4.69) is 17.1 Å². The highest BCUT2D eigenvalue weighted by atomic mass is 16.5. The van der Waals surface area contributed by atoms with E-state index in [0.29, 0.717) is 17.0 Å². The van der Waals surface area contributed by atoms with Crippen molar-refractivity contribution in [1.29, 1.82) is 0 Å². The Balaban J connectivity index is 2.49. The first-order valence-corrected chi connectivity index (χ1v) is 6.71. The summed E-state index contributed by atoms with van der Waals surface area (Å²) in [6.45, 7) is 5.70. The zero-order chi connectivity index (χ0) is 14.7. The van der Waals surface area contributed by atoms with Crippen molar-refractivity contribution in [3.8, 4) is 11.5 Å². The molecule has 0 fully saturated rings. The summed E-state index contributed by atoms with van der Waals surface area (Å²) in [5, 5.41) is 13.3. The van der Waals surface area contributed by atoms with Crippen LogP contribution in [0.4, 0.5) is 0 Å². The minimum atomic E-state index is -0.977. The molecule has 0 amide bonds. The summed E-state index contributed by atoms with van der Waals surface area (Å²) in [5.74, 6) is -0.0664. The summed E-state index contributed by atoms with van der Waals surface area (Å²) >= 11 is 0. The summed E-state index contributed by atoms with van der Waals surface area (Å²) in [6.07, 6.45) is 2.78. The predicted octanol–water partition coefficient (Wildman–Crippen LogP) is 3.39. The monoisotopic (exact) mass is 274 g/mol. The van der Waals surface area contributed by atoms with Crippen LogP contribution in [-0.2, 0) is 6.42 Å². The van der Waals surface area contributed by atoms with Gasteiger partial charge in [-0.05, 0) is 31.4 Å². The van der Waals surface area contributed by atoms with Crippen molar-refractivity contribution < 1.29 is 14.4 Å². The molecular weight excluding hydrogens is 256 g/mol. The number of aryl methyl sites for hydroxylation is 3. The molecular formula is C15H18N2O3. The smallest absolute Gasteiger partial charge is 0.336 e. The van der Waals surface area contributed by atoms with Crippen molar-refractivity contribution in [3.63, 3.8) is 0 Å². The van der Waals surface area contributed by atoms with Crippen molar-refractivity contribution >= 4 is 5.97 Å². The lowest BCUT2D eigenvalue weighted by Crippen LogP contribution is -2.04. The molecule has 0 aliphatic rings. The van der Waals surface area contributed by atoms with Crippen LogP contribution in [0.2, 0.25) is 0 Å². The maximum absolute atomic E-state index is 11.5. The van der Waals surface area contributed by atoms with Gasteiger partial charge in [0, 0.05) is 6.42 Å². The number of aromatic carboxylic acids is 1. The Kier molecular flexibility index (Phi) is 4.17. The summed E-state index contributed by atoms with van der Waals surface area (Å²) in [4.78, 5) is 15.8. The number of aromatic nitrogens is 2. The SMILES string of the molecule is CCCCc1noc(-c2c(C)ccc(C)c2C(=O)O)n1. The average Bonchev–Trinajstić information content (AvgIpc) is 2.86. The summed E-state index contributed by atoms with van der Waals surface area (Å²) in [6, 6.07) is 3.66. The topological polar surface area (TPSA) is 76.2 Å². The number of carbonyl (C=O) groups is 1. The summed E-state index contributed by atoms with van der Waals surface area (Å²) in [7, 11) is 0. The van der Waals surface area contributed by atoms with Crippen molar-refractivity contribution in [2.75, 3.05) is 0 Å². The number of benzene rings is 1. The van der Waals surface area contributed by atoms with Gasteiger partial charge in [0.15, 0.2) is 5.82 Å². The Bertz CT molecular complexity index is 632. The number of carboxylic acid groups (broad SMARTS) is 1. The Morgan fingerprint density at radius 3 is 2.65 bits per heavy atom. The van der Waals surface area contributed by atoms with Crippen LogP contribution in [-0.4, -0.2) is 21.2 Å². The molecule has 0 unspecified atom stereocenters. The zero-order valence-corrected chi connectivity index (χ0v) is 11.9. The van der Waals surface area contributed by atoms with Crippen molar-refractivity contribution in [2.24, 2.45) is 0 Å². The number of hydrogen-bond acceptors (Lipinski definition) is 4. The normalized spacial score (nSPS) is 10.8. The molecule has 5 nitrogen and oxygen atoms in total. The molecule has 2 rings (SSSR count). The van der Waals surface area contributed by atoms with E-state index in [1.165, 1.54) is 0 Å². The highest BCUT2D eigenvalue weighted by Crippen LogP contribution is 2.28. The maximum atomic E-state index is 11.5.